The van der Waals surface area contributed by atoms with E-state index in [0.29, 0.717) is 29.5 Å². The maximum Gasteiger partial charge on any atom is 0.200 e. The van der Waals surface area contributed by atoms with Gasteiger partial charge < -0.3 is 28.2 Å². The molecule has 2 rings (SSSR count). The van der Waals surface area contributed by atoms with Gasteiger partial charge >= 0.3 is 0 Å². The van der Waals surface area contributed by atoms with E-state index in [1.165, 1.54) is 0 Å². The lowest BCUT2D eigenvalue weighted by Crippen LogP contribution is -2.53. The summed E-state index contributed by atoms with van der Waals surface area (Å²) < 4.78 is 31.8. The molecule has 6 nitrogen and oxygen atoms in total. The number of rotatable bonds is 11. The first-order valence-electron chi connectivity index (χ1n) is 13.4. The molecule has 0 N–H and O–H groups in total. The number of hydrogen-bond acceptors (Lipinski definition) is 6. The summed E-state index contributed by atoms with van der Waals surface area (Å²) in [6.45, 7) is 24.7. The number of carbonyl (C=O) groups excluding carboxylic acids is 1. The zero-order valence-electron chi connectivity index (χ0n) is 23.7. The number of aldehydes is 1. The molecule has 5 atom stereocenters. The van der Waals surface area contributed by atoms with E-state index in [1.54, 1.807) is 0 Å². The Balaban J connectivity index is 2.07. The SMILES string of the molecule is CC(C)[Si](OCC[C@@H]1OC(C)(C)O[C@H](C[C@H]2C[C@@H](CC=O)OC(C)(C)O2)[C@H]1C)(C(C)C)C(C)C. The van der Waals surface area contributed by atoms with Crippen molar-refractivity contribution in [1.29, 1.82) is 0 Å². The van der Waals surface area contributed by atoms with E-state index in [1.807, 2.05) is 27.7 Å². The van der Waals surface area contributed by atoms with E-state index in [2.05, 4.69) is 48.5 Å². The van der Waals surface area contributed by atoms with Gasteiger partial charge in [0.05, 0.1) is 24.4 Å². The maximum atomic E-state index is 11.1. The molecule has 2 aliphatic rings. The van der Waals surface area contributed by atoms with Gasteiger partial charge in [0.1, 0.15) is 6.29 Å². The van der Waals surface area contributed by atoms with Crippen LogP contribution in [-0.2, 0) is 28.2 Å². The zero-order chi connectivity index (χ0) is 25.9. The second kappa shape index (κ2) is 11.8. The van der Waals surface area contributed by atoms with Gasteiger partial charge in [-0.2, -0.15) is 0 Å². The van der Waals surface area contributed by atoms with Crippen LogP contribution in [-0.4, -0.2) is 57.2 Å². The van der Waals surface area contributed by atoms with Crippen LogP contribution in [0, 0.1) is 5.92 Å². The van der Waals surface area contributed by atoms with Crippen LogP contribution in [0.3, 0.4) is 0 Å². The van der Waals surface area contributed by atoms with Gasteiger partial charge in [-0.05, 0) is 50.7 Å². The molecule has 2 heterocycles. The van der Waals surface area contributed by atoms with Crippen LogP contribution in [0.4, 0.5) is 0 Å². The lowest BCUT2D eigenvalue weighted by Gasteiger charge is -2.48. The molecule has 2 aliphatic heterocycles. The Kier molecular flexibility index (Phi) is 10.4. The molecular formula is C27H52O6Si. The first-order valence-corrected chi connectivity index (χ1v) is 15.6. The number of carbonyl (C=O) groups is 1. The molecule has 34 heavy (non-hydrogen) atoms. The molecule has 0 aliphatic carbocycles. The Labute approximate surface area is 209 Å². The van der Waals surface area contributed by atoms with Crippen molar-refractivity contribution in [2.24, 2.45) is 5.92 Å². The Bertz CT molecular complexity index is 625. The Morgan fingerprint density at radius 1 is 0.853 bits per heavy atom. The monoisotopic (exact) mass is 500 g/mol. The molecule has 0 aromatic rings. The molecule has 0 amide bonds. The van der Waals surface area contributed by atoms with E-state index < -0.39 is 19.9 Å². The normalized spacial score (nSPS) is 31.9. The highest BCUT2D eigenvalue weighted by Crippen LogP contribution is 2.43. The summed E-state index contributed by atoms with van der Waals surface area (Å²) in [5, 5.41) is 0. The number of hydrogen-bond donors (Lipinski definition) is 0. The molecule has 0 aromatic carbocycles. The van der Waals surface area contributed by atoms with Crippen molar-refractivity contribution >= 4 is 14.6 Å². The standard InChI is InChI=1S/C27H52O6Si/c1-18(2)34(19(3)4,20(5)6)29-15-13-24-21(7)25(33-27(10,11)32-24)17-23-16-22(12-14-28)30-26(8,9)31-23/h14,18-25H,12-13,15-17H2,1-11H3/t21-,22+,23+,24-,25+/m0/s1. The van der Waals surface area contributed by atoms with Crippen molar-refractivity contribution in [1.82, 2.24) is 0 Å². The second-order valence-corrected chi connectivity index (χ2v) is 17.7. The topological polar surface area (TPSA) is 63.2 Å². The average molecular weight is 501 g/mol. The van der Waals surface area contributed by atoms with Crippen molar-refractivity contribution in [3.63, 3.8) is 0 Å². The molecule has 0 saturated carbocycles. The lowest BCUT2D eigenvalue weighted by molar-refractivity contribution is -0.337. The molecule has 0 aromatic heterocycles. The minimum atomic E-state index is -1.90. The Morgan fingerprint density at radius 3 is 1.88 bits per heavy atom. The van der Waals surface area contributed by atoms with Gasteiger partial charge in [-0.25, -0.2) is 0 Å². The van der Waals surface area contributed by atoms with E-state index in [4.69, 9.17) is 23.4 Å². The van der Waals surface area contributed by atoms with Crippen LogP contribution in [0.25, 0.3) is 0 Å². The molecule has 2 saturated heterocycles. The average Bonchev–Trinajstić information content (AvgIpc) is 2.66. The van der Waals surface area contributed by atoms with Crippen molar-refractivity contribution in [2.45, 2.75) is 154 Å². The fourth-order valence-electron chi connectivity index (χ4n) is 6.52. The summed E-state index contributed by atoms with van der Waals surface area (Å²) in [7, 11) is -1.90. The largest absolute Gasteiger partial charge is 0.416 e. The summed E-state index contributed by atoms with van der Waals surface area (Å²) >= 11 is 0. The summed E-state index contributed by atoms with van der Waals surface area (Å²) in [4.78, 5) is 11.1. The van der Waals surface area contributed by atoms with Crippen molar-refractivity contribution < 1.29 is 28.2 Å². The predicted molar refractivity (Wildman–Crippen MR) is 138 cm³/mol. The van der Waals surface area contributed by atoms with Crippen molar-refractivity contribution in [3.8, 4) is 0 Å². The number of ether oxygens (including phenoxy) is 4. The van der Waals surface area contributed by atoms with Crippen LogP contribution < -0.4 is 0 Å². The summed E-state index contributed by atoms with van der Waals surface area (Å²) in [6.07, 6.45) is 3.59. The third-order valence-corrected chi connectivity index (χ3v) is 13.9. The minimum Gasteiger partial charge on any atom is -0.416 e. The second-order valence-electron chi connectivity index (χ2n) is 12.3. The van der Waals surface area contributed by atoms with Gasteiger partial charge in [-0.15, -0.1) is 0 Å². The molecule has 0 spiro atoms. The fourth-order valence-corrected chi connectivity index (χ4v) is 12.0. The predicted octanol–water partition coefficient (Wildman–Crippen LogP) is 6.61. The third kappa shape index (κ3) is 7.36. The van der Waals surface area contributed by atoms with Gasteiger partial charge in [0.15, 0.2) is 19.9 Å². The smallest absolute Gasteiger partial charge is 0.200 e. The minimum absolute atomic E-state index is 0.00632. The summed E-state index contributed by atoms with van der Waals surface area (Å²) in [5.74, 6) is -1.15. The van der Waals surface area contributed by atoms with Crippen molar-refractivity contribution in [2.75, 3.05) is 6.61 Å². The van der Waals surface area contributed by atoms with Crippen LogP contribution in [0.15, 0.2) is 0 Å². The first-order chi connectivity index (χ1) is 15.6. The van der Waals surface area contributed by atoms with Gasteiger partial charge in [-0.3, -0.25) is 0 Å². The molecule has 0 bridgehead atoms. The molecule has 7 heteroatoms. The maximum absolute atomic E-state index is 11.1. The highest BCUT2D eigenvalue weighted by molar-refractivity contribution is 6.77. The fraction of sp³-hybridized carbons (Fsp3) is 0.963. The molecule has 200 valence electrons. The van der Waals surface area contributed by atoms with E-state index in [-0.39, 0.29) is 30.3 Å². The Hall–Kier alpha value is -0.313. The van der Waals surface area contributed by atoms with Gasteiger partial charge in [0.2, 0.25) is 0 Å². The first kappa shape index (κ1) is 29.9. The molecule has 0 radical (unpaired) electrons. The van der Waals surface area contributed by atoms with Crippen LogP contribution in [0.1, 0.15) is 102 Å². The highest BCUT2D eigenvalue weighted by Gasteiger charge is 2.47. The van der Waals surface area contributed by atoms with Gasteiger partial charge in [0.25, 0.3) is 0 Å². The van der Waals surface area contributed by atoms with Gasteiger partial charge in [-0.1, -0.05) is 48.5 Å². The Morgan fingerprint density at radius 2 is 1.35 bits per heavy atom. The van der Waals surface area contributed by atoms with Crippen LogP contribution in [0.5, 0.6) is 0 Å². The van der Waals surface area contributed by atoms with Crippen molar-refractivity contribution in [3.05, 3.63) is 0 Å². The van der Waals surface area contributed by atoms with E-state index >= 15 is 0 Å². The molecule has 0 unspecified atom stereocenters. The lowest BCUT2D eigenvalue weighted by atomic mass is 9.88. The third-order valence-electron chi connectivity index (χ3n) is 7.79. The van der Waals surface area contributed by atoms with Gasteiger partial charge in [0, 0.05) is 31.8 Å². The van der Waals surface area contributed by atoms with E-state index in [9.17, 15) is 4.79 Å². The van der Waals surface area contributed by atoms with Crippen LogP contribution in [0.2, 0.25) is 16.6 Å². The summed E-state index contributed by atoms with van der Waals surface area (Å²) in [5.41, 5.74) is 1.70. The van der Waals surface area contributed by atoms with Crippen LogP contribution >= 0.6 is 0 Å². The quantitative estimate of drug-likeness (QED) is 0.235. The highest BCUT2D eigenvalue weighted by atomic mass is 28.4. The zero-order valence-corrected chi connectivity index (χ0v) is 24.7. The van der Waals surface area contributed by atoms with E-state index in [0.717, 1.165) is 25.7 Å². The molecular weight excluding hydrogens is 448 g/mol. The molecule has 2 fully saturated rings. The summed E-state index contributed by atoms with van der Waals surface area (Å²) in [6, 6.07) is 0.